The number of hydrogen-bond donors (Lipinski definition) is 1. The first kappa shape index (κ1) is 10.2. The van der Waals surface area contributed by atoms with Gasteiger partial charge in [0.25, 0.3) is 0 Å². The van der Waals surface area contributed by atoms with Gasteiger partial charge in [-0.1, -0.05) is 0 Å². The summed E-state index contributed by atoms with van der Waals surface area (Å²) in [6.45, 7) is 1.91. The van der Waals surface area contributed by atoms with Gasteiger partial charge in [0, 0.05) is 12.3 Å². The first-order valence-corrected chi connectivity index (χ1v) is 3.76. The first-order valence-electron chi connectivity index (χ1n) is 3.23. The highest BCUT2D eigenvalue weighted by Crippen LogP contribution is 1.85. The van der Waals surface area contributed by atoms with E-state index in [9.17, 15) is 9.59 Å². The third-order valence-corrected chi connectivity index (χ3v) is 1.03. The number of amides is 2. The molecule has 0 unspecified atom stereocenters. The van der Waals surface area contributed by atoms with Crippen LogP contribution in [0.25, 0.3) is 0 Å². The van der Waals surface area contributed by atoms with Gasteiger partial charge in [0.15, 0.2) is 0 Å². The summed E-state index contributed by atoms with van der Waals surface area (Å²) in [5, 5.41) is 2.00. The quantitative estimate of drug-likeness (QED) is 0.655. The molecule has 0 bridgehead atoms. The van der Waals surface area contributed by atoms with Crippen LogP contribution in [-0.4, -0.2) is 24.5 Å². The lowest BCUT2D eigenvalue weighted by Crippen LogP contribution is -2.30. The van der Waals surface area contributed by atoms with Crippen molar-refractivity contribution < 1.29 is 14.3 Å². The molecular weight excluding hydrogens is 170 g/mol. The van der Waals surface area contributed by atoms with Crippen LogP contribution in [0, 0.1) is 0 Å². The molecule has 0 radical (unpaired) electrons. The summed E-state index contributed by atoms with van der Waals surface area (Å²) in [5.74, 6) is -0.218. The first-order chi connectivity index (χ1) is 5.20. The maximum Gasteiger partial charge on any atom is 0.413 e. The highest BCUT2D eigenvalue weighted by molar-refractivity contribution is 6.19. The van der Waals surface area contributed by atoms with Gasteiger partial charge in [-0.05, 0) is 6.92 Å². The SMILES string of the molecule is CCOC(=O)NC(=O)CCCl. The molecule has 11 heavy (non-hydrogen) atoms. The lowest BCUT2D eigenvalue weighted by atomic mass is 10.5. The zero-order chi connectivity index (χ0) is 8.69. The van der Waals surface area contributed by atoms with Crippen LogP contribution in [0.2, 0.25) is 0 Å². The lowest BCUT2D eigenvalue weighted by molar-refractivity contribution is -0.120. The van der Waals surface area contributed by atoms with Crippen molar-refractivity contribution >= 4 is 23.6 Å². The van der Waals surface area contributed by atoms with Crippen molar-refractivity contribution in [1.82, 2.24) is 5.32 Å². The second kappa shape index (κ2) is 5.97. The number of nitrogens with one attached hydrogen (secondary N) is 1. The van der Waals surface area contributed by atoms with Crippen molar-refractivity contribution in [1.29, 1.82) is 0 Å². The summed E-state index contributed by atoms with van der Waals surface area (Å²) in [5.41, 5.74) is 0. The summed E-state index contributed by atoms with van der Waals surface area (Å²) >= 11 is 5.24. The molecule has 0 heterocycles. The Morgan fingerprint density at radius 2 is 2.18 bits per heavy atom. The standard InChI is InChI=1S/C6H10ClNO3/c1-2-11-6(10)8-5(9)3-4-7/h2-4H2,1H3,(H,8,9,10). The molecular formula is C6H10ClNO3. The average molecular weight is 180 g/mol. The summed E-state index contributed by atoms with van der Waals surface area (Å²) < 4.78 is 4.44. The number of hydrogen-bond acceptors (Lipinski definition) is 3. The smallest absolute Gasteiger partial charge is 0.413 e. The fourth-order valence-corrected chi connectivity index (χ4v) is 0.601. The molecule has 0 aliphatic heterocycles. The van der Waals surface area contributed by atoms with Gasteiger partial charge in [0.05, 0.1) is 6.61 Å². The van der Waals surface area contributed by atoms with E-state index in [0.717, 1.165) is 0 Å². The molecule has 0 aromatic heterocycles. The molecule has 0 fully saturated rings. The number of carbonyl (C=O) groups excluding carboxylic acids is 2. The normalized spacial score (nSPS) is 8.91. The molecule has 4 nitrogen and oxygen atoms in total. The number of carbonyl (C=O) groups is 2. The van der Waals surface area contributed by atoms with Crippen molar-refractivity contribution in [2.24, 2.45) is 0 Å². The molecule has 0 saturated carbocycles. The largest absolute Gasteiger partial charge is 0.450 e. The van der Waals surface area contributed by atoms with Gasteiger partial charge in [0.1, 0.15) is 0 Å². The predicted molar refractivity (Wildman–Crippen MR) is 40.5 cm³/mol. The molecule has 0 aliphatic carbocycles. The molecule has 1 N–H and O–H groups in total. The molecule has 0 atom stereocenters. The van der Waals surface area contributed by atoms with E-state index < -0.39 is 12.0 Å². The summed E-state index contributed by atoms with van der Waals surface area (Å²) in [6, 6.07) is 0. The van der Waals surface area contributed by atoms with Crippen molar-refractivity contribution in [3.63, 3.8) is 0 Å². The van der Waals surface area contributed by atoms with Gasteiger partial charge in [-0.15, -0.1) is 11.6 Å². The predicted octanol–water partition coefficient (Wildman–Crippen LogP) is 0.888. The van der Waals surface area contributed by atoms with E-state index in [0.29, 0.717) is 0 Å². The zero-order valence-electron chi connectivity index (χ0n) is 6.22. The Morgan fingerprint density at radius 3 is 2.64 bits per heavy atom. The van der Waals surface area contributed by atoms with E-state index >= 15 is 0 Å². The Morgan fingerprint density at radius 1 is 1.55 bits per heavy atom. The number of rotatable bonds is 3. The minimum atomic E-state index is -0.720. The fourth-order valence-electron chi connectivity index (χ4n) is 0.429. The summed E-state index contributed by atoms with van der Waals surface area (Å²) in [7, 11) is 0. The van der Waals surface area contributed by atoms with E-state index in [1.165, 1.54) is 0 Å². The minimum absolute atomic E-state index is 0.125. The summed E-state index contributed by atoms with van der Waals surface area (Å²) in [4.78, 5) is 21.2. The number of alkyl halides is 1. The molecule has 0 aromatic carbocycles. The van der Waals surface area contributed by atoms with E-state index in [4.69, 9.17) is 11.6 Å². The van der Waals surface area contributed by atoms with Crippen molar-refractivity contribution in [3.05, 3.63) is 0 Å². The van der Waals surface area contributed by atoms with Crippen molar-refractivity contribution in [3.8, 4) is 0 Å². The van der Waals surface area contributed by atoms with Gasteiger partial charge >= 0.3 is 6.09 Å². The molecule has 5 heteroatoms. The average Bonchev–Trinajstić information content (AvgIpc) is 1.87. The number of halogens is 1. The van der Waals surface area contributed by atoms with Gasteiger partial charge < -0.3 is 4.74 Å². The Bertz CT molecular complexity index is 133. The van der Waals surface area contributed by atoms with Crippen LogP contribution < -0.4 is 5.32 Å². The molecule has 0 spiro atoms. The molecule has 0 saturated heterocycles. The van der Waals surface area contributed by atoms with Crippen LogP contribution in [0.5, 0.6) is 0 Å². The third-order valence-electron chi connectivity index (χ3n) is 0.838. The minimum Gasteiger partial charge on any atom is -0.450 e. The van der Waals surface area contributed by atoms with E-state index in [2.05, 4.69) is 4.74 Å². The van der Waals surface area contributed by atoms with Crippen LogP contribution in [0.1, 0.15) is 13.3 Å². The Balaban J connectivity index is 3.49. The number of imide groups is 1. The second-order valence-corrected chi connectivity index (χ2v) is 2.09. The van der Waals surface area contributed by atoms with E-state index in [1.807, 2.05) is 5.32 Å². The monoisotopic (exact) mass is 179 g/mol. The van der Waals surface area contributed by atoms with E-state index in [1.54, 1.807) is 6.92 Å². The Hall–Kier alpha value is -0.770. The highest BCUT2D eigenvalue weighted by Gasteiger charge is 2.05. The summed E-state index contributed by atoms with van der Waals surface area (Å²) in [6.07, 6.45) is -0.594. The van der Waals surface area contributed by atoms with Crippen LogP contribution >= 0.6 is 11.6 Å². The highest BCUT2D eigenvalue weighted by atomic mass is 35.5. The third kappa shape index (κ3) is 5.66. The number of alkyl carbamates (subject to hydrolysis) is 1. The maximum absolute atomic E-state index is 10.6. The Kier molecular flexibility index (Phi) is 5.56. The van der Waals surface area contributed by atoms with Gasteiger partial charge in [0.2, 0.25) is 5.91 Å². The van der Waals surface area contributed by atoms with Crippen LogP contribution in [-0.2, 0) is 9.53 Å². The molecule has 64 valence electrons. The van der Waals surface area contributed by atoms with Crippen LogP contribution in [0.15, 0.2) is 0 Å². The molecule has 2 amide bonds. The molecule has 0 aromatic rings. The Labute approximate surface area is 69.9 Å². The topological polar surface area (TPSA) is 55.4 Å². The van der Waals surface area contributed by atoms with Crippen LogP contribution in [0.3, 0.4) is 0 Å². The lowest BCUT2D eigenvalue weighted by Gasteiger charge is -2.01. The van der Waals surface area contributed by atoms with Crippen molar-refractivity contribution in [2.75, 3.05) is 12.5 Å². The second-order valence-electron chi connectivity index (χ2n) is 1.71. The molecule has 0 aliphatic rings. The number of ether oxygens (including phenoxy) is 1. The van der Waals surface area contributed by atoms with Gasteiger partial charge in [-0.3, -0.25) is 10.1 Å². The van der Waals surface area contributed by atoms with Crippen LogP contribution in [0.4, 0.5) is 4.79 Å². The maximum atomic E-state index is 10.6. The fraction of sp³-hybridized carbons (Fsp3) is 0.667. The molecule has 0 rings (SSSR count). The zero-order valence-corrected chi connectivity index (χ0v) is 6.98. The van der Waals surface area contributed by atoms with Crippen molar-refractivity contribution in [2.45, 2.75) is 13.3 Å². The van der Waals surface area contributed by atoms with E-state index in [-0.39, 0.29) is 18.9 Å². The van der Waals surface area contributed by atoms with Gasteiger partial charge in [-0.25, -0.2) is 4.79 Å². The van der Waals surface area contributed by atoms with Gasteiger partial charge in [-0.2, -0.15) is 0 Å².